The van der Waals surface area contributed by atoms with Crippen molar-refractivity contribution in [3.63, 3.8) is 0 Å². The van der Waals surface area contributed by atoms with Gasteiger partial charge in [-0.2, -0.15) is 0 Å². The van der Waals surface area contributed by atoms with Gasteiger partial charge in [0.2, 0.25) is 0 Å². The second-order valence-electron chi connectivity index (χ2n) is 4.68. The van der Waals surface area contributed by atoms with Crippen molar-refractivity contribution in [2.45, 2.75) is 26.2 Å². The summed E-state index contributed by atoms with van der Waals surface area (Å²) in [6, 6.07) is 1.98. The molecule has 0 unspecified atom stereocenters. The highest BCUT2D eigenvalue weighted by Crippen LogP contribution is 2.30. The number of aromatic amines is 1. The molecule has 0 aliphatic carbocycles. The second-order valence-corrected chi connectivity index (χ2v) is 4.68. The average molecular weight is 230 g/mol. The molecule has 2 aromatic rings. The third kappa shape index (κ3) is 1.52. The molecule has 0 atom stereocenters. The van der Waals surface area contributed by atoms with Crippen LogP contribution in [0.15, 0.2) is 17.1 Å². The van der Waals surface area contributed by atoms with Crippen LogP contribution in [0, 0.1) is 0 Å². The molecular weight excluding hydrogens is 216 g/mol. The zero-order valence-electron chi connectivity index (χ0n) is 9.91. The fraction of sp³-hybridized carbons (Fsp3) is 0.385. The number of pyridine rings is 2. The van der Waals surface area contributed by atoms with Crippen LogP contribution in [0.2, 0.25) is 0 Å². The Morgan fingerprint density at radius 2 is 2.29 bits per heavy atom. The van der Waals surface area contributed by atoms with Gasteiger partial charge in [0.05, 0.1) is 17.7 Å². The molecule has 0 amide bonds. The van der Waals surface area contributed by atoms with Crippen molar-refractivity contribution in [1.29, 1.82) is 0 Å². The van der Waals surface area contributed by atoms with Crippen LogP contribution in [0.4, 0.5) is 0 Å². The maximum atomic E-state index is 11.8. The zero-order valence-corrected chi connectivity index (χ0v) is 9.91. The minimum atomic E-state index is -0.0484. The standard InChI is InChI=1S/C13H14N2O2/c1-7(2)8-5-10-11(14-6-8)12-9(3-4-17-12)13(16)15-10/h5-7H,3-4H2,1-2H3,(H,15,16). The number of nitrogens with zero attached hydrogens (tertiary/aromatic N) is 1. The molecule has 1 aliphatic heterocycles. The number of nitrogens with one attached hydrogen (secondary N) is 1. The summed E-state index contributed by atoms with van der Waals surface area (Å²) in [5.74, 6) is 1.06. The maximum absolute atomic E-state index is 11.8. The first-order valence-corrected chi connectivity index (χ1v) is 5.84. The van der Waals surface area contributed by atoms with Gasteiger partial charge in [-0.3, -0.25) is 9.78 Å². The number of aromatic nitrogens is 2. The number of hydrogen-bond donors (Lipinski definition) is 1. The molecule has 88 valence electrons. The number of hydrogen-bond acceptors (Lipinski definition) is 3. The van der Waals surface area contributed by atoms with E-state index >= 15 is 0 Å². The molecule has 0 fully saturated rings. The van der Waals surface area contributed by atoms with Crippen molar-refractivity contribution < 1.29 is 4.74 Å². The zero-order chi connectivity index (χ0) is 12.0. The second kappa shape index (κ2) is 3.58. The molecule has 4 heteroatoms. The van der Waals surface area contributed by atoms with Crippen molar-refractivity contribution in [3.8, 4) is 5.75 Å². The van der Waals surface area contributed by atoms with Crippen LogP contribution >= 0.6 is 0 Å². The van der Waals surface area contributed by atoms with Gasteiger partial charge < -0.3 is 9.72 Å². The predicted octanol–water partition coefficient (Wildman–Crippen LogP) is 1.98. The number of H-pyrrole nitrogens is 1. The van der Waals surface area contributed by atoms with Gasteiger partial charge in [0, 0.05) is 12.6 Å². The topological polar surface area (TPSA) is 55.0 Å². The maximum Gasteiger partial charge on any atom is 0.255 e. The van der Waals surface area contributed by atoms with Gasteiger partial charge in [-0.15, -0.1) is 0 Å². The van der Waals surface area contributed by atoms with E-state index in [0.29, 0.717) is 24.7 Å². The van der Waals surface area contributed by atoms with Gasteiger partial charge in [0.25, 0.3) is 5.56 Å². The summed E-state index contributed by atoms with van der Waals surface area (Å²) in [4.78, 5) is 19.2. The summed E-state index contributed by atoms with van der Waals surface area (Å²) in [5, 5.41) is 0. The van der Waals surface area contributed by atoms with Crippen LogP contribution in [0.1, 0.15) is 30.9 Å². The largest absolute Gasteiger partial charge is 0.490 e. The van der Waals surface area contributed by atoms with E-state index in [1.165, 1.54) is 0 Å². The van der Waals surface area contributed by atoms with Crippen molar-refractivity contribution in [2.75, 3.05) is 6.61 Å². The predicted molar refractivity (Wildman–Crippen MR) is 65.7 cm³/mol. The molecule has 0 aromatic carbocycles. The fourth-order valence-electron chi connectivity index (χ4n) is 2.15. The highest BCUT2D eigenvalue weighted by molar-refractivity contribution is 5.82. The summed E-state index contributed by atoms with van der Waals surface area (Å²) in [5.41, 5.74) is 3.32. The molecule has 0 saturated heterocycles. The molecule has 0 bridgehead atoms. The Morgan fingerprint density at radius 3 is 3.06 bits per heavy atom. The quantitative estimate of drug-likeness (QED) is 0.815. The van der Waals surface area contributed by atoms with E-state index in [0.717, 1.165) is 22.2 Å². The Hall–Kier alpha value is -1.84. The lowest BCUT2D eigenvalue weighted by molar-refractivity contribution is 0.359. The monoisotopic (exact) mass is 230 g/mol. The molecule has 2 aromatic heterocycles. The number of fused-ring (bicyclic) bond motifs is 3. The molecule has 3 heterocycles. The van der Waals surface area contributed by atoms with Crippen molar-refractivity contribution in [2.24, 2.45) is 0 Å². The Morgan fingerprint density at radius 1 is 1.47 bits per heavy atom. The third-order valence-corrected chi connectivity index (χ3v) is 3.19. The van der Waals surface area contributed by atoms with E-state index in [-0.39, 0.29) is 5.56 Å². The summed E-state index contributed by atoms with van der Waals surface area (Å²) >= 11 is 0. The normalized spacial score (nSPS) is 14.1. The lowest BCUT2D eigenvalue weighted by atomic mass is 10.0. The Labute approximate surface area is 98.6 Å². The smallest absolute Gasteiger partial charge is 0.255 e. The van der Waals surface area contributed by atoms with Crippen LogP contribution in [0.5, 0.6) is 5.75 Å². The lowest BCUT2D eigenvalue weighted by Crippen LogP contribution is -2.11. The summed E-state index contributed by atoms with van der Waals surface area (Å²) in [6.45, 7) is 4.78. The van der Waals surface area contributed by atoms with Crippen LogP contribution in [0.25, 0.3) is 11.0 Å². The summed E-state index contributed by atoms with van der Waals surface area (Å²) in [6.07, 6.45) is 2.53. The first kappa shape index (κ1) is 10.3. The van der Waals surface area contributed by atoms with Crippen LogP contribution < -0.4 is 10.3 Å². The molecule has 1 N–H and O–H groups in total. The molecule has 0 radical (unpaired) electrons. The number of rotatable bonds is 1. The van der Waals surface area contributed by atoms with Crippen LogP contribution in [-0.2, 0) is 6.42 Å². The molecule has 0 saturated carbocycles. The molecule has 4 nitrogen and oxygen atoms in total. The Bertz CT molecular complexity index is 644. The third-order valence-electron chi connectivity index (χ3n) is 3.19. The highest BCUT2D eigenvalue weighted by atomic mass is 16.5. The molecule has 1 aliphatic rings. The van der Waals surface area contributed by atoms with Crippen molar-refractivity contribution >= 4 is 11.0 Å². The van der Waals surface area contributed by atoms with Crippen molar-refractivity contribution in [1.82, 2.24) is 9.97 Å². The van der Waals surface area contributed by atoms with Gasteiger partial charge in [-0.25, -0.2) is 0 Å². The van der Waals surface area contributed by atoms with Gasteiger partial charge in [-0.1, -0.05) is 13.8 Å². The minimum Gasteiger partial charge on any atom is -0.490 e. The van der Waals surface area contributed by atoms with Gasteiger partial charge in [-0.05, 0) is 17.5 Å². The van der Waals surface area contributed by atoms with E-state index in [2.05, 4.69) is 23.8 Å². The van der Waals surface area contributed by atoms with E-state index in [4.69, 9.17) is 4.74 Å². The lowest BCUT2D eigenvalue weighted by Gasteiger charge is -2.08. The summed E-state index contributed by atoms with van der Waals surface area (Å²) < 4.78 is 5.51. The van der Waals surface area contributed by atoms with E-state index in [1.54, 1.807) is 0 Å². The minimum absolute atomic E-state index is 0.0484. The molecule has 0 spiro atoms. The van der Waals surface area contributed by atoms with Gasteiger partial charge in [0.1, 0.15) is 5.52 Å². The first-order valence-electron chi connectivity index (χ1n) is 5.84. The van der Waals surface area contributed by atoms with Crippen LogP contribution in [0.3, 0.4) is 0 Å². The van der Waals surface area contributed by atoms with Gasteiger partial charge >= 0.3 is 0 Å². The van der Waals surface area contributed by atoms with E-state index in [9.17, 15) is 4.79 Å². The van der Waals surface area contributed by atoms with Gasteiger partial charge in [0.15, 0.2) is 5.75 Å². The highest BCUT2D eigenvalue weighted by Gasteiger charge is 2.20. The van der Waals surface area contributed by atoms with E-state index in [1.807, 2.05) is 12.3 Å². The average Bonchev–Trinajstić information content (AvgIpc) is 2.78. The SMILES string of the molecule is CC(C)c1cnc2c3c(c(=O)[nH]c2c1)CCO3. The summed E-state index contributed by atoms with van der Waals surface area (Å²) in [7, 11) is 0. The Kier molecular flexibility index (Phi) is 2.18. The van der Waals surface area contributed by atoms with Crippen molar-refractivity contribution in [3.05, 3.63) is 33.7 Å². The van der Waals surface area contributed by atoms with Crippen LogP contribution in [-0.4, -0.2) is 16.6 Å². The van der Waals surface area contributed by atoms with E-state index < -0.39 is 0 Å². The molecular formula is C13H14N2O2. The molecule has 17 heavy (non-hydrogen) atoms. The molecule has 3 rings (SSSR count). The number of ether oxygens (including phenoxy) is 1. The fourth-order valence-corrected chi connectivity index (χ4v) is 2.15. The Balaban J connectivity index is 2.33. The first-order chi connectivity index (χ1) is 8.16.